The summed E-state index contributed by atoms with van der Waals surface area (Å²) in [6.07, 6.45) is 8.14. The van der Waals surface area contributed by atoms with Crippen LogP contribution in [0.25, 0.3) is 0 Å². The maximum atomic E-state index is 13.1. The molecule has 2 fully saturated rings. The Morgan fingerprint density at radius 3 is 2.36 bits per heavy atom. The van der Waals surface area contributed by atoms with Crippen molar-refractivity contribution < 1.29 is 4.79 Å². The molecular weight excluding hydrogens is 330 g/mol. The number of amides is 1. The van der Waals surface area contributed by atoms with Gasteiger partial charge in [0.05, 0.1) is 0 Å². The summed E-state index contributed by atoms with van der Waals surface area (Å²) in [5, 5.41) is 0.784. The van der Waals surface area contributed by atoms with Gasteiger partial charge in [-0.1, -0.05) is 44.0 Å². The van der Waals surface area contributed by atoms with Crippen LogP contribution in [0, 0.1) is 17.8 Å². The van der Waals surface area contributed by atoms with Gasteiger partial charge in [0.15, 0.2) is 0 Å². The van der Waals surface area contributed by atoms with Gasteiger partial charge < -0.3 is 4.90 Å². The zero-order chi connectivity index (χ0) is 17.8. The molecule has 2 aliphatic rings. The van der Waals surface area contributed by atoms with Crippen molar-refractivity contribution in [3.8, 4) is 0 Å². The molecule has 1 heterocycles. The summed E-state index contributed by atoms with van der Waals surface area (Å²) in [5.74, 6) is 2.70. The van der Waals surface area contributed by atoms with Crippen LogP contribution >= 0.6 is 11.6 Å². The number of carbonyl (C=O) groups is 1. The molecule has 0 bridgehead atoms. The van der Waals surface area contributed by atoms with Crippen molar-refractivity contribution in [2.45, 2.75) is 64.7 Å². The monoisotopic (exact) mass is 361 g/mol. The number of hydrogen-bond acceptors (Lipinski definition) is 1. The molecule has 1 amide bonds. The number of rotatable bonds is 3. The van der Waals surface area contributed by atoms with Crippen LogP contribution in [0.15, 0.2) is 24.3 Å². The molecule has 1 saturated carbocycles. The highest BCUT2D eigenvalue weighted by molar-refractivity contribution is 6.30. The molecule has 3 rings (SSSR count). The molecule has 25 heavy (non-hydrogen) atoms. The maximum absolute atomic E-state index is 13.1. The van der Waals surface area contributed by atoms with E-state index in [0.717, 1.165) is 49.2 Å². The van der Waals surface area contributed by atoms with E-state index in [0.29, 0.717) is 11.8 Å². The van der Waals surface area contributed by atoms with E-state index in [2.05, 4.69) is 30.9 Å². The summed E-state index contributed by atoms with van der Waals surface area (Å²) in [4.78, 5) is 15.3. The lowest BCUT2D eigenvalue weighted by Gasteiger charge is -2.34. The fraction of sp³-hybridized carbons (Fsp3) is 0.682. The largest absolute Gasteiger partial charge is 0.342 e. The minimum Gasteiger partial charge on any atom is -0.342 e. The molecule has 3 heteroatoms. The van der Waals surface area contributed by atoms with Gasteiger partial charge in [-0.2, -0.15) is 0 Å². The van der Waals surface area contributed by atoms with Crippen molar-refractivity contribution in [1.82, 2.24) is 4.90 Å². The first-order valence-electron chi connectivity index (χ1n) is 10.1. The second-order valence-electron chi connectivity index (χ2n) is 8.38. The van der Waals surface area contributed by atoms with Gasteiger partial charge in [0.2, 0.25) is 5.91 Å². The van der Waals surface area contributed by atoms with E-state index in [-0.39, 0.29) is 5.92 Å². The summed E-state index contributed by atoms with van der Waals surface area (Å²) in [5.41, 5.74) is 1.33. The number of nitrogens with zero attached hydrogens (tertiary/aromatic N) is 1. The standard InChI is InChI=1S/C22H32ClNO/c1-16(2)17-6-8-19(9-7-17)22(25)24-14-4-3-5-20(15-24)18-10-12-21(23)13-11-18/h10-13,16-17,19-20H,3-9,14-15H2,1-2H3. The highest BCUT2D eigenvalue weighted by Crippen LogP contribution is 2.35. The molecule has 1 aliphatic heterocycles. The Morgan fingerprint density at radius 2 is 1.72 bits per heavy atom. The predicted octanol–water partition coefficient (Wildman–Crippen LogP) is 5.90. The summed E-state index contributed by atoms with van der Waals surface area (Å²) in [7, 11) is 0. The fourth-order valence-electron chi connectivity index (χ4n) is 4.64. The van der Waals surface area contributed by atoms with Crippen LogP contribution in [-0.4, -0.2) is 23.9 Å². The molecular formula is C22H32ClNO. The highest BCUT2D eigenvalue weighted by Gasteiger charge is 2.32. The maximum Gasteiger partial charge on any atom is 0.225 e. The third kappa shape index (κ3) is 4.78. The molecule has 1 atom stereocenters. The van der Waals surface area contributed by atoms with Crippen molar-refractivity contribution >= 4 is 17.5 Å². The summed E-state index contributed by atoms with van der Waals surface area (Å²) in [6.45, 7) is 6.45. The predicted molar refractivity (Wildman–Crippen MR) is 105 cm³/mol. The number of hydrogen-bond donors (Lipinski definition) is 0. The normalized spacial score (nSPS) is 28.0. The van der Waals surface area contributed by atoms with E-state index in [9.17, 15) is 4.79 Å². The third-order valence-corrected chi connectivity index (χ3v) is 6.64. The van der Waals surface area contributed by atoms with Crippen LogP contribution in [0.3, 0.4) is 0 Å². The number of halogens is 1. The summed E-state index contributed by atoms with van der Waals surface area (Å²) < 4.78 is 0. The minimum atomic E-state index is 0.263. The van der Waals surface area contributed by atoms with Gasteiger partial charge in [-0.05, 0) is 68.1 Å². The van der Waals surface area contributed by atoms with Crippen molar-refractivity contribution in [3.05, 3.63) is 34.9 Å². The third-order valence-electron chi connectivity index (χ3n) is 6.39. The molecule has 0 radical (unpaired) electrons. The first-order valence-corrected chi connectivity index (χ1v) is 10.5. The Kier molecular flexibility index (Phi) is 6.44. The van der Waals surface area contributed by atoms with E-state index >= 15 is 0 Å². The Hall–Kier alpha value is -1.02. The van der Waals surface area contributed by atoms with Crippen molar-refractivity contribution in [3.63, 3.8) is 0 Å². The lowest BCUT2D eigenvalue weighted by molar-refractivity contribution is -0.137. The van der Waals surface area contributed by atoms with Crippen LogP contribution in [0.1, 0.15) is 70.3 Å². The number of likely N-dealkylation sites (tertiary alicyclic amines) is 1. The summed E-state index contributed by atoms with van der Waals surface area (Å²) >= 11 is 6.03. The van der Waals surface area contributed by atoms with Crippen molar-refractivity contribution in [2.75, 3.05) is 13.1 Å². The van der Waals surface area contributed by atoms with Crippen LogP contribution < -0.4 is 0 Å². The topological polar surface area (TPSA) is 20.3 Å². The Morgan fingerprint density at radius 1 is 1.04 bits per heavy atom. The molecule has 1 aliphatic carbocycles. The van der Waals surface area contributed by atoms with Crippen molar-refractivity contribution in [1.29, 1.82) is 0 Å². The van der Waals surface area contributed by atoms with E-state index in [1.165, 1.54) is 31.2 Å². The molecule has 1 aromatic carbocycles. The van der Waals surface area contributed by atoms with Crippen LogP contribution in [0.2, 0.25) is 5.02 Å². The smallest absolute Gasteiger partial charge is 0.225 e. The average molecular weight is 362 g/mol. The Balaban J connectivity index is 1.62. The number of benzene rings is 1. The van der Waals surface area contributed by atoms with Crippen LogP contribution in [0.4, 0.5) is 0 Å². The van der Waals surface area contributed by atoms with Gasteiger partial charge in [-0.3, -0.25) is 4.79 Å². The molecule has 0 aromatic heterocycles. The van der Waals surface area contributed by atoms with E-state index in [1.807, 2.05) is 12.1 Å². The molecule has 1 unspecified atom stereocenters. The molecule has 2 nitrogen and oxygen atoms in total. The zero-order valence-corrected chi connectivity index (χ0v) is 16.5. The molecule has 0 N–H and O–H groups in total. The van der Waals surface area contributed by atoms with Gasteiger partial charge in [0.25, 0.3) is 0 Å². The van der Waals surface area contributed by atoms with Gasteiger partial charge >= 0.3 is 0 Å². The number of carbonyl (C=O) groups excluding carboxylic acids is 1. The highest BCUT2D eigenvalue weighted by atomic mass is 35.5. The average Bonchev–Trinajstić information content (AvgIpc) is 2.88. The van der Waals surface area contributed by atoms with Crippen molar-refractivity contribution in [2.24, 2.45) is 17.8 Å². The molecule has 1 saturated heterocycles. The first kappa shape index (κ1) is 18.8. The second-order valence-corrected chi connectivity index (χ2v) is 8.82. The fourth-order valence-corrected chi connectivity index (χ4v) is 4.77. The lowest BCUT2D eigenvalue weighted by Crippen LogP contribution is -2.40. The van der Waals surface area contributed by atoms with Gasteiger partial charge in [-0.25, -0.2) is 0 Å². The quantitative estimate of drug-likeness (QED) is 0.656. The molecule has 0 spiro atoms. The Labute approximate surface area is 157 Å². The minimum absolute atomic E-state index is 0.263. The SMILES string of the molecule is CC(C)C1CCC(C(=O)N2CCCCC(c3ccc(Cl)cc3)C2)CC1. The zero-order valence-electron chi connectivity index (χ0n) is 15.7. The Bertz CT molecular complexity index is 560. The van der Waals surface area contributed by atoms with E-state index in [4.69, 9.17) is 11.6 Å². The van der Waals surface area contributed by atoms with Gasteiger partial charge in [0, 0.05) is 29.9 Å². The molecule has 1 aromatic rings. The van der Waals surface area contributed by atoms with Crippen LogP contribution in [-0.2, 0) is 4.79 Å². The first-order chi connectivity index (χ1) is 12.0. The van der Waals surface area contributed by atoms with Gasteiger partial charge in [-0.15, -0.1) is 0 Å². The van der Waals surface area contributed by atoms with E-state index < -0.39 is 0 Å². The van der Waals surface area contributed by atoms with Crippen LogP contribution in [0.5, 0.6) is 0 Å². The van der Waals surface area contributed by atoms with E-state index in [1.54, 1.807) is 0 Å². The second kappa shape index (κ2) is 8.58. The lowest BCUT2D eigenvalue weighted by atomic mass is 9.76. The summed E-state index contributed by atoms with van der Waals surface area (Å²) in [6, 6.07) is 8.21. The molecule has 138 valence electrons. The van der Waals surface area contributed by atoms with Gasteiger partial charge in [0.1, 0.15) is 0 Å².